The van der Waals surface area contributed by atoms with E-state index in [1.807, 2.05) is 0 Å². The van der Waals surface area contributed by atoms with Gasteiger partial charge in [-0.1, -0.05) is 30.9 Å². The molecule has 32 heteroatoms. The van der Waals surface area contributed by atoms with Crippen molar-refractivity contribution in [3.63, 3.8) is 0 Å². The number of esters is 3. The van der Waals surface area contributed by atoms with Crippen LogP contribution in [-0.2, 0) is 34.8 Å². The lowest BCUT2D eigenvalue weighted by Gasteiger charge is -2.28. The highest BCUT2D eigenvalue weighted by Crippen LogP contribution is 2.38. The van der Waals surface area contributed by atoms with Gasteiger partial charge in [0.15, 0.2) is 16.9 Å². The number of pyridine rings is 3. The number of alkyl halides is 9. The second-order valence-electron chi connectivity index (χ2n) is 28.5. The Labute approximate surface area is 628 Å². The van der Waals surface area contributed by atoms with Gasteiger partial charge in [-0.05, 0) is 184 Å². The fraction of sp³-hybridized carbons (Fsp3) is 0.397. The van der Waals surface area contributed by atoms with E-state index in [1.54, 1.807) is 182 Å². The van der Waals surface area contributed by atoms with Crippen molar-refractivity contribution in [3.8, 4) is 33.8 Å². The summed E-state index contributed by atoms with van der Waals surface area (Å²) in [6.45, 7) is 22.9. The molecule has 3 aromatic carbocycles. The third-order valence-corrected chi connectivity index (χ3v) is 16.3. The van der Waals surface area contributed by atoms with Crippen molar-refractivity contribution < 1.29 is 107 Å². The summed E-state index contributed by atoms with van der Waals surface area (Å²) in [6.07, 6.45) is -9.72. The molecule has 0 saturated heterocycles. The van der Waals surface area contributed by atoms with Gasteiger partial charge in [-0.15, -0.1) is 0 Å². The minimum atomic E-state index is -4.52. The Hall–Kier alpha value is -11.0. The van der Waals surface area contributed by atoms with Crippen LogP contribution in [0.2, 0.25) is 0 Å². The van der Waals surface area contributed by atoms with Crippen LogP contribution in [0.1, 0.15) is 159 Å². The van der Waals surface area contributed by atoms with E-state index < -0.39 is 117 Å². The van der Waals surface area contributed by atoms with Crippen LogP contribution in [0.5, 0.6) is 0 Å². The molecule has 23 nitrogen and oxygen atoms in total. The zero-order valence-electron chi connectivity index (χ0n) is 63.6. The number of ether oxygens (including phenoxy) is 6. The van der Waals surface area contributed by atoms with Gasteiger partial charge >= 0.3 is 54.7 Å². The van der Waals surface area contributed by atoms with Gasteiger partial charge in [-0.3, -0.25) is 27.9 Å². The number of anilines is 3. The monoisotopic (exact) mass is 1550 g/mol. The average Bonchev–Trinajstić information content (AvgIpc) is 1.59. The third kappa shape index (κ3) is 22.6. The number of rotatable bonds is 19. The van der Waals surface area contributed by atoms with Crippen LogP contribution in [0.15, 0.2) is 117 Å². The van der Waals surface area contributed by atoms with Crippen molar-refractivity contribution >= 4 is 76.3 Å². The number of fused-ring (bicyclic) bond motifs is 3. The summed E-state index contributed by atoms with van der Waals surface area (Å²) in [4.78, 5) is 91.0. The molecule has 9 rings (SSSR count). The van der Waals surface area contributed by atoms with Crippen molar-refractivity contribution in [2.24, 2.45) is 0 Å². The van der Waals surface area contributed by atoms with E-state index in [2.05, 4.69) is 21.5 Å². The number of carbonyl (C=O) groups is 6. The Morgan fingerprint density at radius 3 is 1.07 bits per heavy atom. The van der Waals surface area contributed by atoms with Crippen LogP contribution < -0.4 is 14.7 Å². The number of carbonyl (C=O) groups excluding carboxylic acids is 6. The van der Waals surface area contributed by atoms with Crippen LogP contribution in [-0.4, -0.2) is 157 Å². The average molecular weight is 1550 g/mol. The summed E-state index contributed by atoms with van der Waals surface area (Å²) in [5.41, 5.74) is 6.65. The van der Waals surface area contributed by atoms with Gasteiger partial charge in [0, 0.05) is 61.5 Å². The molecule has 6 aromatic heterocycles. The number of aliphatic hydroxyl groups is 2. The molecular formula is C78H88F9N9O14. The van der Waals surface area contributed by atoms with Gasteiger partial charge in [0.1, 0.15) is 16.8 Å². The second kappa shape index (κ2) is 34.7. The molecular weight excluding hydrogens is 1460 g/mol. The van der Waals surface area contributed by atoms with E-state index in [4.69, 9.17) is 28.4 Å². The topological polar surface area (TPSA) is 260 Å². The molecule has 0 radical (unpaired) electrons. The summed E-state index contributed by atoms with van der Waals surface area (Å²) >= 11 is 0. The van der Waals surface area contributed by atoms with Gasteiger partial charge < -0.3 is 38.6 Å². The Balaban J connectivity index is 0.000000229. The number of methoxy groups -OCH3 is 3. The van der Waals surface area contributed by atoms with Crippen LogP contribution >= 0.6 is 0 Å². The summed E-state index contributed by atoms with van der Waals surface area (Å²) < 4.78 is 154. The first-order valence-corrected chi connectivity index (χ1v) is 34.3. The number of aromatic nitrogens is 6. The first-order chi connectivity index (χ1) is 51.1. The molecule has 0 spiro atoms. The van der Waals surface area contributed by atoms with Crippen molar-refractivity contribution in [1.82, 2.24) is 28.2 Å². The minimum absolute atomic E-state index is 0.0612. The smallest absolute Gasteiger partial charge is 0.414 e. The maximum Gasteiger partial charge on any atom is 0.414 e. The number of halogens is 9. The quantitative estimate of drug-likeness (QED) is 0.0433. The highest BCUT2D eigenvalue weighted by atomic mass is 19.4. The number of nitrogens with zero attached hydrogens (tertiary/aromatic N) is 9. The first-order valence-electron chi connectivity index (χ1n) is 34.3. The Morgan fingerprint density at radius 1 is 0.482 bits per heavy atom. The van der Waals surface area contributed by atoms with E-state index in [0.717, 1.165) is 14.7 Å². The van der Waals surface area contributed by atoms with E-state index in [-0.39, 0.29) is 47.0 Å². The lowest BCUT2D eigenvalue weighted by molar-refractivity contribution is -0.133. The van der Waals surface area contributed by atoms with Gasteiger partial charge in [-0.25, -0.2) is 43.7 Å². The fourth-order valence-corrected chi connectivity index (χ4v) is 11.2. The second-order valence-corrected chi connectivity index (χ2v) is 28.5. The number of aryl methyl sites for hydroxylation is 3. The molecule has 1 atom stereocenters. The van der Waals surface area contributed by atoms with Crippen LogP contribution in [0.25, 0.3) is 56.8 Å². The molecule has 0 bridgehead atoms. The van der Waals surface area contributed by atoms with E-state index >= 15 is 0 Å². The number of amides is 3. The maximum absolute atomic E-state index is 13.2. The van der Waals surface area contributed by atoms with Gasteiger partial charge in [0.25, 0.3) is 0 Å². The van der Waals surface area contributed by atoms with Crippen molar-refractivity contribution in [2.75, 3.05) is 62.3 Å². The van der Waals surface area contributed by atoms with Crippen molar-refractivity contribution in [3.05, 3.63) is 167 Å². The number of imidazole rings is 3. The fourth-order valence-electron chi connectivity index (χ4n) is 11.2. The van der Waals surface area contributed by atoms with Crippen LogP contribution in [0.3, 0.4) is 0 Å². The van der Waals surface area contributed by atoms with E-state index in [0.29, 0.717) is 83.8 Å². The van der Waals surface area contributed by atoms with Crippen LogP contribution in [0.4, 0.5) is 71.0 Å². The summed E-state index contributed by atoms with van der Waals surface area (Å²) in [5, 5.41) is 19.9. The number of benzene rings is 3. The van der Waals surface area contributed by atoms with Crippen molar-refractivity contribution in [2.45, 2.75) is 157 Å². The molecule has 3 amide bonds. The first kappa shape index (κ1) is 86.2. The zero-order valence-corrected chi connectivity index (χ0v) is 63.6. The summed E-state index contributed by atoms with van der Waals surface area (Å²) in [6, 6.07) is 19.8. The maximum atomic E-state index is 13.2. The Kier molecular flexibility index (Phi) is 27.2. The third-order valence-electron chi connectivity index (χ3n) is 16.3. The Bertz CT molecular complexity index is 4870. The van der Waals surface area contributed by atoms with Gasteiger partial charge in [-0.2, -0.15) is 39.5 Å². The number of hydrogen-bond donors (Lipinski definition) is 2. The molecule has 592 valence electrons. The normalized spacial score (nSPS) is 12.3. The Morgan fingerprint density at radius 2 is 0.791 bits per heavy atom. The molecule has 1 unspecified atom stereocenters. The molecule has 0 fully saturated rings. The lowest BCUT2D eigenvalue weighted by atomic mass is 10.0. The van der Waals surface area contributed by atoms with Gasteiger partial charge in [0.2, 0.25) is 0 Å². The highest BCUT2D eigenvalue weighted by molar-refractivity contribution is 5.97. The van der Waals surface area contributed by atoms with Gasteiger partial charge in [0.05, 0.1) is 116 Å². The molecule has 6 heterocycles. The molecule has 0 saturated carbocycles. The predicted molar refractivity (Wildman–Crippen MR) is 394 cm³/mol. The molecule has 110 heavy (non-hydrogen) atoms. The summed E-state index contributed by atoms with van der Waals surface area (Å²) in [7, 11) is 3.88. The highest BCUT2D eigenvalue weighted by Gasteiger charge is 2.37. The minimum Gasteiger partial charge on any atom is -0.465 e. The van der Waals surface area contributed by atoms with Crippen LogP contribution in [0, 0.1) is 20.8 Å². The summed E-state index contributed by atoms with van der Waals surface area (Å²) in [5.74, 6) is -1.43. The predicted octanol–water partition coefficient (Wildman–Crippen LogP) is 17.6. The SMILES string of the molecule is C=Cc1cc(N(CCC(F)(F)F)C(=O)OC(C)(C)C)c2ncc(-c3ccc(C(=O)OC)c(C)c3)n2c1.COC(=O)c1ccc(-c2cnc3c(N(CCC(F)(F)F)C(=O)OC(C)(C)C)cc(C(C)O)cn23)cc1C.COC(=O)c1ccc(-c2cnc3c(N(CCC(F)(F)F)C(=O)OC(C)(C)C)cc(CCO)cn23)cc1C. The molecule has 0 aliphatic rings. The molecule has 9 aromatic rings. The van der Waals surface area contributed by atoms with Crippen molar-refractivity contribution in [1.29, 1.82) is 0 Å². The van der Waals surface area contributed by atoms with E-state index in [9.17, 15) is 78.5 Å². The number of aliphatic hydroxyl groups excluding tert-OH is 2. The molecule has 0 aliphatic heterocycles. The molecule has 0 aliphatic carbocycles. The largest absolute Gasteiger partial charge is 0.465 e. The lowest BCUT2D eigenvalue weighted by Crippen LogP contribution is -2.39. The van der Waals surface area contributed by atoms with E-state index in [1.165, 1.54) is 58.9 Å². The number of hydrogen-bond acceptors (Lipinski definition) is 17. The standard InChI is InChI=1S/2C26H30F3N3O5.C26H28F3N3O4/c1-15-11-17(7-8-19(15)23(34)36-6)21-13-30-22-20(12-18(16(2)33)14-32(21)22)31(10-9-26(27,28)29)24(35)37-25(3,4)5;1-16-12-18(6-7-19(16)23(34)36-5)21-14-30-22-20(13-17(8-11-33)15-32(21)22)31(10-9-26(27,28)29)24(35)37-25(2,3)4;1-7-17-13-20(31(11-10-26(27,28)29)24(34)36-25(3,4)5)22-30-14-21(32(22)15-17)18-8-9-19(16(2)12-18)23(33)35-6/h7-8,11-14,16,33H,9-10H2,1-6H3;6-7,12-15,33H,8-11H2,1-5H3;7-9,12-15H,1,10-11H2,2-6H3. The molecule has 2 N–H and O–H groups in total. The zero-order chi connectivity index (χ0) is 82.1.